The summed E-state index contributed by atoms with van der Waals surface area (Å²) in [5.41, 5.74) is 8.70. The second kappa shape index (κ2) is 4.78. The number of nitrogens with two attached hydrogens (primary N) is 2. The number of anilines is 2. The molecule has 0 saturated carbocycles. The molecule has 20 heavy (non-hydrogen) atoms. The van der Waals surface area contributed by atoms with Crippen molar-refractivity contribution < 1.29 is 17.6 Å². The van der Waals surface area contributed by atoms with Gasteiger partial charge in [0.2, 0.25) is 5.95 Å². The third-order valence-corrected chi connectivity index (χ3v) is 2.72. The van der Waals surface area contributed by atoms with Gasteiger partial charge < -0.3 is 11.5 Å². The van der Waals surface area contributed by atoms with Gasteiger partial charge in [-0.2, -0.15) is 18.2 Å². The first-order valence-corrected chi connectivity index (χ1v) is 5.53. The van der Waals surface area contributed by atoms with Crippen molar-refractivity contribution in [2.45, 2.75) is 6.18 Å². The van der Waals surface area contributed by atoms with Crippen molar-refractivity contribution in [1.29, 1.82) is 0 Å². The van der Waals surface area contributed by atoms with Gasteiger partial charge in [0.25, 0.3) is 0 Å². The van der Waals surface area contributed by atoms with Crippen LogP contribution >= 0.6 is 11.6 Å². The van der Waals surface area contributed by atoms with Crippen LogP contribution in [0.1, 0.15) is 5.56 Å². The Morgan fingerprint density at radius 1 is 1.10 bits per heavy atom. The Morgan fingerprint density at radius 2 is 1.75 bits per heavy atom. The number of halogens is 5. The predicted molar refractivity (Wildman–Crippen MR) is 66.3 cm³/mol. The smallest absolute Gasteiger partial charge is 0.383 e. The fraction of sp³-hybridized carbons (Fsp3) is 0.0909. The monoisotopic (exact) mass is 306 g/mol. The van der Waals surface area contributed by atoms with E-state index in [1.54, 1.807) is 0 Å². The van der Waals surface area contributed by atoms with Crippen LogP contribution in [-0.4, -0.2) is 9.97 Å². The molecule has 0 bridgehead atoms. The first-order valence-electron chi connectivity index (χ1n) is 5.15. The van der Waals surface area contributed by atoms with Crippen LogP contribution in [0.15, 0.2) is 18.2 Å². The first-order chi connectivity index (χ1) is 9.20. The maximum absolute atomic E-state index is 13.1. The summed E-state index contributed by atoms with van der Waals surface area (Å²) in [5, 5.41) is -0.341. The molecular weight excluding hydrogens is 300 g/mol. The van der Waals surface area contributed by atoms with Gasteiger partial charge in [0.1, 0.15) is 17.2 Å². The molecule has 0 amide bonds. The van der Waals surface area contributed by atoms with Gasteiger partial charge in [-0.05, 0) is 18.2 Å². The van der Waals surface area contributed by atoms with Crippen molar-refractivity contribution >= 4 is 23.4 Å². The first kappa shape index (κ1) is 14.3. The van der Waals surface area contributed by atoms with Gasteiger partial charge in [-0.3, -0.25) is 0 Å². The molecule has 0 saturated heterocycles. The minimum atomic E-state index is -4.78. The van der Waals surface area contributed by atoms with Gasteiger partial charge in [0, 0.05) is 5.56 Å². The molecule has 2 aromatic rings. The average Bonchev–Trinajstić information content (AvgIpc) is 2.29. The van der Waals surface area contributed by atoms with Crippen LogP contribution in [0.5, 0.6) is 0 Å². The molecule has 106 valence electrons. The number of alkyl halides is 3. The summed E-state index contributed by atoms with van der Waals surface area (Å²) >= 11 is 5.55. The topological polar surface area (TPSA) is 77.8 Å². The normalized spacial score (nSPS) is 11.7. The van der Waals surface area contributed by atoms with Gasteiger partial charge in [0.15, 0.2) is 0 Å². The molecule has 0 fully saturated rings. The lowest BCUT2D eigenvalue weighted by Gasteiger charge is -2.14. The number of nitrogens with zero attached hydrogens (tertiary/aromatic N) is 2. The number of aromatic nitrogens is 2. The molecule has 0 unspecified atom stereocenters. The molecule has 0 aliphatic heterocycles. The minimum absolute atomic E-state index is 0.0653. The molecule has 0 atom stereocenters. The summed E-state index contributed by atoms with van der Waals surface area (Å²) in [6, 6.07) is 3.03. The van der Waals surface area contributed by atoms with E-state index in [0.29, 0.717) is 0 Å². The maximum Gasteiger partial charge on any atom is 0.422 e. The summed E-state index contributed by atoms with van der Waals surface area (Å²) in [6.07, 6.45) is -4.78. The van der Waals surface area contributed by atoms with E-state index < -0.39 is 35.0 Å². The zero-order chi connectivity index (χ0) is 15.1. The molecule has 4 nitrogen and oxygen atoms in total. The zero-order valence-corrected chi connectivity index (χ0v) is 10.4. The van der Waals surface area contributed by atoms with Crippen molar-refractivity contribution in [2.75, 3.05) is 11.5 Å². The molecule has 1 aromatic heterocycles. The van der Waals surface area contributed by atoms with Crippen LogP contribution in [0.25, 0.3) is 11.3 Å². The Balaban J connectivity index is 2.75. The second-order valence-electron chi connectivity index (χ2n) is 3.82. The molecule has 4 N–H and O–H groups in total. The Bertz CT molecular complexity index is 672. The number of nitrogen functional groups attached to an aromatic ring is 2. The average molecular weight is 307 g/mol. The van der Waals surface area contributed by atoms with E-state index in [2.05, 4.69) is 9.97 Å². The van der Waals surface area contributed by atoms with Crippen molar-refractivity contribution in [3.63, 3.8) is 0 Å². The van der Waals surface area contributed by atoms with E-state index in [-0.39, 0.29) is 10.6 Å². The molecule has 1 heterocycles. The van der Waals surface area contributed by atoms with Gasteiger partial charge in [-0.25, -0.2) is 9.37 Å². The predicted octanol–water partition coefficient (Wildman–Crippen LogP) is 3.12. The molecule has 0 aliphatic rings. The van der Waals surface area contributed by atoms with Gasteiger partial charge in [-0.1, -0.05) is 11.6 Å². The third kappa shape index (κ3) is 2.60. The SMILES string of the molecule is Nc1nc(N)c(C(F)(F)F)c(-c2ccc(F)c(Cl)c2)n1. The van der Waals surface area contributed by atoms with Crippen molar-refractivity contribution in [2.24, 2.45) is 0 Å². The molecule has 0 aliphatic carbocycles. The fourth-order valence-electron chi connectivity index (χ4n) is 1.63. The highest BCUT2D eigenvalue weighted by Gasteiger charge is 2.38. The van der Waals surface area contributed by atoms with Gasteiger partial charge in [0.05, 0.1) is 10.7 Å². The molecule has 1 aromatic carbocycles. The van der Waals surface area contributed by atoms with E-state index in [9.17, 15) is 17.6 Å². The van der Waals surface area contributed by atoms with Crippen LogP contribution in [0, 0.1) is 5.82 Å². The highest BCUT2D eigenvalue weighted by molar-refractivity contribution is 6.31. The number of hydrogen-bond acceptors (Lipinski definition) is 4. The van der Waals surface area contributed by atoms with Gasteiger partial charge >= 0.3 is 6.18 Å². The van der Waals surface area contributed by atoms with Crippen LogP contribution < -0.4 is 11.5 Å². The van der Waals surface area contributed by atoms with E-state index in [0.717, 1.165) is 18.2 Å². The van der Waals surface area contributed by atoms with Crippen LogP contribution in [-0.2, 0) is 6.18 Å². The summed E-state index contributed by atoms with van der Waals surface area (Å²) in [4.78, 5) is 6.81. The van der Waals surface area contributed by atoms with Crippen LogP contribution in [0.4, 0.5) is 29.3 Å². The summed E-state index contributed by atoms with van der Waals surface area (Å²) in [5.74, 6) is -2.00. The van der Waals surface area contributed by atoms with Crippen LogP contribution in [0.3, 0.4) is 0 Å². The zero-order valence-electron chi connectivity index (χ0n) is 9.67. The van der Waals surface area contributed by atoms with Crippen molar-refractivity contribution in [1.82, 2.24) is 9.97 Å². The van der Waals surface area contributed by atoms with E-state index >= 15 is 0 Å². The maximum atomic E-state index is 13.1. The second-order valence-corrected chi connectivity index (χ2v) is 4.22. The molecular formula is C11H7ClF4N4. The standard InChI is InChI=1S/C11H7ClF4N4/c12-5-3-4(1-2-6(5)13)8-7(11(14,15)16)9(17)20-10(18)19-8/h1-3H,(H4,17,18,19,20). The number of hydrogen-bond donors (Lipinski definition) is 2. The van der Waals surface area contributed by atoms with Crippen molar-refractivity contribution in [3.05, 3.63) is 34.6 Å². The molecule has 0 radical (unpaired) electrons. The number of benzene rings is 1. The Kier molecular flexibility index (Phi) is 3.43. The molecule has 2 rings (SSSR count). The molecule has 0 spiro atoms. The summed E-state index contributed by atoms with van der Waals surface area (Å²) in [7, 11) is 0. The summed E-state index contributed by atoms with van der Waals surface area (Å²) in [6.45, 7) is 0. The fourth-order valence-corrected chi connectivity index (χ4v) is 1.81. The lowest BCUT2D eigenvalue weighted by atomic mass is 10.1. The largest absolute Gasteiger partial charge is 0.422 e. The highest BCUT2D eigenvalue weighted by atomic mass is 35.5. The number of rotatable bonds is 1. The Labute approximate surface area is 115 Å². The quantitative estimate of drug-likeness (QED) is 0.794. The van der Waals surface area contributed by atoms with E-state index in [1.807, 2.05) is 0 Å². The van der Waals surface area contributed by atoms with Gasteiger partial charge in [-0.15, -0.1) is 0 Å². The molecule has 9 heteroatoms. The third-order valence-electron chi connectivity index (χ3n) is 2.43. The summed E-state index contributed by atoms with van der Waals surface area (Å²) < 4.78 is 52.1. The lowest BCUT2D eigenvalue weighted by molar-refractivity contribution is -0.136. The Hall–Kier alpha value is -2.09. The lowest BCUT2D eigenvalue weighted by Crippen LogP contribution is -2.15. The van der Waals surface area contributed by atoms with E-state index in [1.165, 1.54) is 0 Å². The highest BCUT2D eigenvalue weighted by Crippen LogP contribution is 2.39. The van der Waals surface area contributed by atoms with Crippen LogP contribution in [0.2, 0.25) is 5.02 Å². The Morgan fingerprint density at radius 3 is 2.30 bits per heavy atom. The van der Waals surface area contributed by atoms with Crippen molar-refractivity contribution in [3.8, 4) is 11.3 Å². The minimum Gasteiger partial charge on any atom is -0.383 e. The van der Waals surface area contributed by atoms with E-state index in [4.69, 9.17) is 23.1 Å².